The van der Waals surface area contributed by atoms with Crippen molar-refractivity contribution in [3.05, 3.63) is 45.7 Å². The summed E-state index contributed by atoms with van der Waals surface area (Å²) in [6, 6.07) is 7.13. The van der Waals surface area contributed by atoms with E-state index in [9.17, 15) is 14.7 Å². The monoisotopic (exact) mass is 383 g/mol. The van der Waals surface area contributed by atoms with Gasteiger partial charge in [-0.25, -0.2) is 0 Å². The zero-order valence-corrected chi connectivity index (χ0v) is 16.5. The number of nitrogens with one attached hydrogen (secondary N) is 1. The van der Waals surface area contributed by atoms with Crippen LogP contribution in [-0.4, -0.2) is 64.1 Å². The molecule has 3 heterocycles. The number of H-pyrrole nitrogens is 1. The van der Waals surface area contributed by atoms with E-state index in [0.29, 0.717) is 43.6 Å². The van der Waals surface area contributed by atoms with Crippen molar-refractivity contribution in [3.8, 4) is 0 Å². The minimum atomic E-state index is -0.730. The molecular formula is C22H29N3O3. The summed E-state index contributed by atoms with van der Waals surface area (Å²) in [6.07, 6.45) is 4.47. The van der Waals surface area contributed by atoms with Crippen molar-refractivity contribution in [1.29, 1.82) is 0 Å². The quantitative estimate of drug-likeness (QED) is 0.853. The van der Waals surface area contributed by atoms with Gasteiger partial charge in [-0.3, -0.25) is 9.59 Å². The number of fused-ring (bicyclic) bond motifs is 1. The molecule has 2 saturated heterocycles. The smallest absolute Gasteiger partial charge is 0.254 e. The number of carbonyl (C=O) groups excluding carboxylic acids is 1. The molecule has 2 aliphatic heterocycles. The van der Waals surface area contributed by atoms with Crippen LogP contribution in [0.2, 0.25) is 0 Å². The number of carbonyl (C=O) groups is 1. The molecule has 0 spiro atoms. The fraction of sp³-hybridized carbons (Fsp3) is 0.545. The van der Waals surface area contributed by atoms with Crippen LogP contribution in [-0.2, 0) is 0 Å². The number of amides is 1. The molecule has 0 unspecified atom stereocenters. The van der Waals surface area contributed by atoms with E-state index in [1.165, 1.54) is 18.9 Å². The summed E-state index contributed by atoms with van der Waals surface area (Å²) >= 11 is 0. The Hall–Kier alpha value is -2.18. The fourth-order valence-electron chi connectivity index (χ4n) is 4.61. The SMILES string of the molecule is Cc1ccc2[nH]c(=O)cc(C(=O)N3CCC[C@@](O)(CN4CCCC4)CC3)c2c1. The van der Waals surface area contributed by atoms with Crippen LogP contribution >= 0.6 is 0 Å². The molecule has 1 aromatic carbocycles. The van der Waals surface area contributed by atoms with Crippen LogP contribution < -0.4 is 5.56 Å². The zero-order chi connectivity index (χ0) is 19.7. The molecule has 6 nitrogen and oxygen atoms in total. The Morgan fingerprint density at radius 2 is 1.89 bits per heavy atom. The first-order valence-electron chi connectivity index (χ1n) is 10.3. The first-order valence-corrected chi connectivity index (χ1v) is 10.3. The molecule has 2 N–H and O–H groups in total. The lowest BCUT2D eigenvalue weighted by Crippen LogP contribution is -2.43. The predicted molar refractivity (Wildman–Crippen MR) is 110 cm³/mol. The van der Waals surface area contributed by atoms with Gasteiger partial charge < -0.3 is 19.9 Å². The van der Waals surface area contributed by atoms with Crippen molar-refractivity contribution in [2.24, 2.45) is 0 Å². The van der Waals surface area contributed by atoms with Gasteiger partial charge in [-0.05, 0) is 64.3 Å². The molecule has 1 atom stereocenters. The molecule has 28 heavy (non-hydrogen) atoms. The number of likely N-dealkylation sites (tertiary alicyclic amines) is 2. The lowest BCUT2D eigenvalue weighted by Gasteiger charge is -2.31. The Morgan fingerprint density at radius 3 is 2.68 bits per heavy atom. The third-order valence-electron chi connectivity index (χ3n) is 6.15. The van der Waals surface area contributed by atoms with E-state index in [1.807, 2.05) is 25.1 Å². The predicted octanol–water partition coefficient (Wildman–Crippen LogP) is 2.29. The van der Waals surface area contributed by atoms with Crippen molar-refractivity contribution in [2.75, 3.05) is 32.7 Å². The number of nitrogens with zero attached hydrogens (tertiary/aromatic N) is 2. The molecule has 0 aliphatic carbocycles. The second-order valence-corrected chi connectivity index (χ2v) is 8.45. The lowest BCUT2D eigenvalue weighted by atomic mass is 9.94. The molecule has 0 radical (unpaired) electrons. The molecule has 2 aliphatic rings. The van der Waals surface area contributed by atoms with Crippen LogP contribution in [0, 0.1) is 6.92 Å². The number of hydrogen-bond acceptors (Lipinski definition) is 4. The number of aromatic nitrogens is 1. The van der Waals surface area contributed by atoms with E-state index in [4.69, 9.17) is 0 Å². The summed E-state index contributed by atoms with van der Waals surface area (Å²) in [6.45, 7) is 5.92. The standard InChI is InChI=1S/C22H29N3O3/c1-16-5-6-19-17(13-16)18(14-20(26)23-19)21(27)25-11-4-7-22(28,8-12-25)15-24-9-2-3-10-24/h5-6,13-14,28H,2-4,7-12,15H2,1H3,(H,23,26)/t22-/m0/s1. The van der Waals surface area contributed by atoms with E-state index < -0.39 is 5.60 Å². The molecule has 1 amide bonds. The molecular weight excluding hydrogens is 354 g/mol. The average Bonchev–Trinajstić information content (AvgIpc) is 3.08. The van der Waals surface area contributed by atoms with Gasteiger partial charge in [0.25, 0.3) is 5.91 Å². The van der Waals surface area contributed by atoms with E-state index in [1.54, 1.807) is 4.90 Å². The first kappa shape index (κ1) is 19.2. The first-order chi connectivity index (χ1) is 13.4. The van der Waals surface area contributed by atoms with Crippen LogP contribution in [0.25, 0.3) is 10.9 Å². The Morgan fingerprint density at radius 1 is 1.11 bits per heavy atom. The van der Waals surface area contributed by atoms with Crippen LogP contribution in [0.1, 0.15) is 48.0 Å². The van der Waals surface area contributed by atoms with Crippen LogP contribution in [0.15, 0.2) is 29.1 Å². The van der Waals surface area contributed by atoms with Gasteiger partial charge in [-0.1, -0.05) is 11.6 Å². The normalized spacial score (nSPS) is 23.9. The van der Waals surface area contributed by atoms with Crippen LogP contribution in [0.3, 0.4) is 0 Å². The minimum Gasteiger partial charge on any atom is -0.388 e. The summed E-state index contributed by atoms with van der Waals surface area (Å²) in [5, 5.41) is 11.9. The van der Waals surface area contributed by atoms with Crippen LogP contribution in [0.5, 0.6) is 0 Å². The number of aliphatic hydroxyl groups is 1. The molecule has 6 heteroatoms. The number of benzene rings is 1. The van der Waals surface area contributed by atoms with Crippen molar-refractivity contribution in [2.45, 2.75) is 44.6 Å². The molecule has 0 saturated carbocycles. The molecule has 2 fully saturated rings. The Labute approximate surface area is 165 Å². The van der Waals surface area contributed by atoms with Gasteiger partial charge in [0.1, 0.15) is 0 Å². The number of pyridine rings is 1. The highest BCUT2D eigenvalue weighted by molar-refractivity contribution is 6.06. The number of rotatable bonds is 3. The van der Waals surface area contributed by atoms with Gasteiger partial charge in [0.05, 0.1) is 11.2 Å². The number of aryl methyl sites for hydroxylation is 1. The maximum Gasteiger partial charge on any atom is 0.254 e. The summed E-state index contributed by atoms with van der Waals surface area (Å²) < 4.78 is 0. The third-order valence-corrected chi connectivity index (χ3v) is 6.15. The van der Waals surface area contributed by atoms with Gasteiger partial charge in [-0.2, -0.15) is 0 Å². The van der Waals surface area contributed by atoms with E-state index in [0.717, 1.165) is 30.5 Å². The molecule has 0 bridgehead atoms. The summed E-state index contributed by atoms with van der Waals surface area (Å²) in [5.74, 6) is -0.118. The van der Waals surface area contributed by atoms with E-state index in [-0.39, 0.29) is 11.5 Å². The van der Waals surface area contributed by atoms with E-state index >= 15 is 0 Å². The Bertz CT molecular complexity index is 932. The zero-order valence-electron chi connectivity index (χ0n) is 16.5. The average molecular weight is 383 g/mol. The second-order valence-electron chi connectivity index (χ2n) is 8.45. The molecule has 2 aromatic rings. The largest absolute Gasteiger partial charge is 0.388 e. The minimum absolute atomic E-state index is 0.118. The summed E-state index contributed by atoms with van der Waals surface area (Å²) in [5.41, 5.74) is 1.19. The van der Waals surface area contributed by atoms with Gasteiger partial charge in [0.2, 0.25) is 5.56 Å². The topological polar surface area (TPSA) is 76.6 Å². The van der Waals surface area contributed by atoms with Gasteiger partial charge in [0.15, 0.2) is 0 Å². The van der Waals surface area contributed by atoms with Crippen molar-refractivity contribution < 1.29 is 9.90 Å². The molecule has 1 aromatic heterocycles. The maximum atomic E-state index is 13.3. The van der Waals surface area contributed by atoms with Crippen molar-refractivity contribution >= 4 is 16.8 Å². The molecule has 150 valence electrons. The fourth-order valence-corrected chi connectivity index (χ4v) is 4.61. The van der Waals surface area contributed by atoms with Gasteiger partial charge in [-0.15, -0.1) is 0 Å². The highest BCUT2D eigenvalue weighted by atomic mass is 16.3. The molecule has 4 rings (SSSR count). The Kier molecular flexibility index (Phi) is 5.25. The Balaban J connectivity index is 1.55. The highest BCUT2D eigenvalue weighted by Gasteiger charge is 2.34. The summed E-state index contributed by atoms with van der Waals surface area (Å²) in [7, 11) is 0. The third kappa shape index (κ3) is 3.98. The van der Waals surface area contributed by atoms with E-state index in [2.05, 4.69) is 9.88 Å². The lowest BCUT2D eigenvalue weighted by molar-refractivity contribution is -0.00290. The van der Waals surface area contributed by atoms with Gasteiger partial charge in [0, 0.05) is 36.6 Å². The van der Waals surface area contributed by atoms with Gasteiger partial charge >= 0.3 is 0 Å². The van der Waals surface area contributed by atoms with Crippen molar-refractivity contribution in [3.63, 3.8) is 0 Å². The maximum absolute atomic E-state index is 13.3. The number of β-amino-alcohol motifs (C(OH)–C–C–N with tert-alkyl or cyclic N) is 1. The number of hydrogen-bond donors (Lipinski definition) is 2. The number of aromatic amines is 1. The summed E-state index contributed by atoms with van der Waals surface area (Å²) in [4.78, 5) is 32.3. The highest BCUT2D eigenvalue weighted by Crippen LogP contribution is 2.27. The second kappa shape index (κ2) is 7.68. The van der Waals surface area contributed by atoms with Crippen LogP contribution in [0.4, 0.5) is 0 Å². The van der Waals surface area contributed by atoms with Crippen molar-refractivity contribution in [1.82, 2.24) is 14.8 Å².